The van der Waals surface area contributed by atoms with Crippen LogP contribution in [0.15, 0.2) is 120 Å². The van der Waals surface area contributed by atoms with Gasteiger partial charge in [-0.15, -0.1) is 0 Å². The third-order valence-electron chi connectivity index (χ3n) is 5.11. The summed E-state index contributed by atoms with van der Waals surface area (Å²) < 4.78 is 0. The summed E-state index contributed by atoms with van der Waals surface area (Å²) in [7, 11) is -0.694. The number of nitrogens with one attached hydrogen (secondary N) is 1. The van der Waals surface area contributed by atoms with Gasteiger partial charge in [-0.25, -0.2) is 0 Å². The van der Waals surface area contributed by atoms with Crippen LogP contribution in [0.4, 0.5) is 5.69 Å². The van der Waals surface area contributed by atoms with E-state index < -0.39 is 7.92 Å². The minimum atomic E-state index is -0.694. The van der Waals surface area contributed by atoms with Gasteiger partial charge in [0, 0.05) is 28.7 Å². The van der Waals surface area contributed by atoms with Crippen LogP contribution in [0.25, 0.3) is 10.9 Å². The van der Waals surface area contributed by atoms with Crippen LogP contribution in [0.2, 0.25) is 0 Å². The average molecular weight is 404 g/mol. The maximum Gasteiger partial charge on any atom is 0.0713 e. The first-order valence-electron chi connectivity index (χ1n) is 9.99. The van der Waals surface area contributed by atoms with Crippen molar-refractivity contribution in [2.45, 2.75) is 0 Å². The van der Waals surface area contributed by atoms with Crippen molar-refractivity contribution in [3.63, 3.8) is 0 Å². The summed E-state index contributed by atoms with van der Waals surface area (Å²) in [6.07, 6.45) is 3.95. The lowest BCUT2D eigenvalue weighted by Gasteiger charge is -2.20. The van der Waals surface area contributed by atoms with Crippen LogP contribution >= 0.6 is 7.92 Å². The highest BCUT2D eigenvalue weighted by Crippen LogP contribution is 2.36. The number of fused-ring (bicyclic) bond motifs is 1. The van der Waals surface area contributed by atoms with Gasteiger partial charge in [0.05, 0.1) is 11.2 Å². The largest absolute Gasteiger partial charge is 0.361 e. The molecular weight excluding hydrogens is 383 g/mol. The Balaban J connectivity index is 1.61. The molecule has 30 heavy (non-hydrogen) atoms. The maximum atomic E-state index is 4.95. The number of H-pyrrole nitrogens is 1. The standard InChI is InChI=1S/C27H21N2P/c1-3-12-23(13-4-1)30(24-14-5-2-6-15-24)26-17-8-7-16-25(26)29-20-22-11-9-10-21-18-19-28-27(21)22/h1-20,28H. The van der Waals surface area contributed by atoms with E-state index in [4.69, 9.17) is 4.99 Å². The Morgan fingerprint density at radius 2 is 1.30 bits per heavy atom. The first-order chi connectivity index (χ1) is 14.9. The minimum absolute atomic E-state index is 0.694. The van der Waals surface area contributed by atoms with Crippen LogP contribution in [0.3, 0.4) is 0 Å². The Labute approximate surface area is 177 Å². The van der Waals surface area contributed by atoms with E-state index >= 15 is 0 Å². The third-order valence-corrected chi connectivity index (χ3v) is 7.60. The zero-order chi connectivity index (χ0) is 20.2. The van der Waals surface area contributed by atoms with Crippen molar-refractivity contribution < 1.29 is 0 Å². The molecule has 0 aliphatic carbocycles. The molecule has 0 saturated heterocycles. The fraction of sp³-hybridized carbons (Fsp3) is 0. The highest BCUT2D eigenvalue weighted by Gasteiger charge is 2.18. The molecule has 144 valence electrons. The molecule has 0 unspecified atom stereocenters. The van der Waals surface area contributed by atoms with Gasteiger partial charge < -0.3 is 4.98 Å². The molecule has 0 bridgehead atoms. The molecule has 1 aromatic heterocycles. The van der Waals surface area contributed by atoms with Crippen LogP contribution in [0.5, 0.6) is 0 Å². The topological polar surface area (TPSA) is 28.1 Å². The molecule has 1 heterocycles. The second-order valence-electron chi connectivity index (χ2n) is 7.04. The van der Waals surface area contributed by atoms with Gasteiger partial charge in [0.25, 0.3) is 0 Å². The van der Waals surface area contributed by atoms with E-state index in [2.05, 4.69) is 114 Å². The van der Waals surface area contributed by atoms with Gasteiger partial charge in [0.15, 0.2) is 0 Å². The normalized spacial score (nSPS) is 11.5. The summed E-state index contributed by atoms with van der Waals surface area (Å²) in [6.45, 7) is 0. The zero-order valence-corrected chi connectivity index (χ0v) is 17.3. The number of aromatic amines is 1. The zero-order valence-electron chi connectivity index (χ0n) is 16.4. The van der Waals surface area contributed by atoms with Crippen molar-refractivity contribution in [1.29, 1.82) is 0 Å². The molecule has 0 saturated carbocycles. The quantitative estimate of drug-likeness (QED) is 0.289. The van der Waals surface area contributed by atoms with E-state index in [0.29, 0.717) is 0 Å². The lowest BCUT2D eigenvalue weighted by atomic mass is 10.1. The van der Waals surface area contributed by atoms with Gasteiger partial charge in [0.2, 0.25) is 0 Å². The van der Waals surface area contributed by atoms with E-state index in [1.165, 1.54) is 21.3 Å². The van der Waals surface area contributed by atoms with Gasteiger partial charge in [-0.3, -0.25) is 4.99 Å². The predicted molar refractivity (Wildman–Crippen MR) is 131 cm³/mol. The van der Waals surface area contributed by atoms with Crippen molar-refractivity contribution in [1.82, 2.24) is 4.98 Å². The van der Waals surface area contributed by atoms with Gasteiger partial charge in [-0.2, -0.15) is 0 Å². The molecule has 3 heteroatoms. The third kappa shape index (κ3) is 3.70. The second-order valence-corrected chi connectivity index (χ2v) is 9.23. The fourth-order valence-electron chi connectivity index (χ4n) is 3.70. The summed E-state index contributed by atoms with van der Waals surface area (Å²) >= 11 is 0. The Hall–Kier alpha value is -3.48. The van der Waals surface area contributed by atoms with E-state index in [9.17, 15) is 0 Å². The maximum absolute atomic E-state index is 4.95. The molecule has 0 aliphatic heterocycles. The second kappa shape index (κ2) is 8.49. The van der Waals surface area contributed by atoms with Crippen LogP contribution in [-0.4, -0.2) is 11.2 Å². The van der Waals surface area contributed by atoms with Gasteiger partial charge in [-0.1, -0.05) is 97.1 Å². The first kappa shape index (κ1) is 18.5. The van der Waals surface area contributed by atoms with E-state index in [0.717, 1.165) is 16.8 Å². The molecule has 0 atom stereocenters. The molecule has 5 rings (SSSR count). The monoisotopic (exact) mass is 404 g/mol. The van der Waals surface area contributed by atoms with Crippen molar-refractivity contribution in [3.05, 3.63) is 121 Å². The van der Waals surface area contributed by atoms with E-state index in [1.54, 1.807) is 0 Å². The summed E-state index contributed by atoms with van der Waals surface area (Å²) in [5.74, 6) is 0. The Bertz CT molecular complexity index is 1250. The molecule has 0 aliphatic rings. The first-order valence-corrected chi connectivity index (χ1v) is 11.3. The van der Waals surface area contributed by atoms with Crippen molar-refractivity contribution in [2.75, 3.05) is 0 Å². The fourth-order valence-corrected chi connectivity index (χ4v) is 6.09. The Kier molecular flexibility index (Phi) is 5.25. The molecule has 5 aromatic rings. The van der Waals surface area contributed by atoms with Crippen LogP contribution in [-0.2, 0) is 0 Å². The van der Waals surface area contributed by atoms with Crippen LogP contribution in [0, 0.1) is 0 Å². The predicted octanol–water partition coefficient (Wildman–Crippen LogP) is 5.68. The number of hydrogen-bond donors (Lipinski definition) is 1. The molecule has 1 N–H and O–H groups in total. The number of aliphatic imine (C=N–C) groups is 1. The Morgan fingerprint density at radius 1 is 0.633 bits per heavy atom. The van der Waals surface area contributed by atoms with Crippen LogP contribution in [0.1, 0.15) is 5.56 Å². The summed E-state index contributed by atoms with van der Waals surface area (Å²) in [4.78, 5) is 8.28. The highest BCUT2D eigenvalue weighted by molar-refractivity contribution is 7.80. The van der Waals surface area contributed by atoms with Crippen molar-refractivity contribution >= 4 is 46.6 Å². The molecule has 0 spiro atoms. The van der Waals surface area contributed by atoms with Gasteiger partial charge in [0.1, 0.15) is 0 Å². The molecule has 0 fully saturated rings. The SMILES string of the molecule is C(=Nc1ccccc1P(c1ccccc1)c1ccccc1)c1cccc2cc[nH]c12. The lowest BCUT2D eigenvalue weighted by molar-refractivity contribution is 1.47. The summed E-state index contributed by atoms with van der Waals surface area (Å²) in [5, 5.41) is 5.11. The highest BCUT2D eigenvalue weighted by atomic mass is 31.1. The molecule has 0 radical (unpaired) electrons. The molecule has 0 amide bonds. The molecule has 4 aromatic carbocycles. The van der Waals surface area contributed by atoms with E-state index in [1.807, 2.05) is 12.4 Å². The smallest absolute Gasteiger partial charge is 0.0713 e. The summed E-state index contributed by atoms with van der Waals surface area (Å²) in [5.41, 5.74) is 3.23. The van der Waals surface area contributed by atoms with Crippen LogP contribution < -0.4 is 15.9 Å². The molecular formula is C27H21N2P. The summed E-state index contributed by atoms with van der Waals surface area (Å²) in [6, 6.07) is 38.4. The number of rotatable bonds is 5. The minimum Gasteiger partial charge on any atom is -0.361 e. The van der Waals surface area contributed by atoms with Crippen molar-refractivity contribution in [3.8, 4) is 0 Å². The average Bonchev–Trinajstić information content (AvgIpc) is 3.30. The molecule has 2 nitrogen and oxygen atoms in total. The Morgan fingerprint density at radius 3 is 2.03 bits per heavy atom. The lowest BCUT2D eigenvalue weighted by Crippen LogP contribution is -2.20. The number of aromatic nitrogens is 1. The number of para-hydroxylation sites is 2. The van der Waals surface area contributed by atoms with Gasteiger partial charge in [-0.05, 0) is 30.7 Å². The van der Waals surface area contributed by atoms with Gasteiger partial charge >= 0.3 is 0 Å². The number of benzene rings is 4. The van der Waals surface area contributed by atoms with E-state index in [-0.39, 0.29) is 0 Å². The number of nitrogens with zero attached hydrogens (tertiary/aromatic N) is 1. The van der Waals surface area contributed by atoms with Crippen molar-refractivity contribution in [2.24, 2.45) is 4.99 Å². The number of hydrogen-bond acceptors (Lipinski definition) is 1.